The van der Waals surface area contributed by atoms with Crippen molar-refractivity contribution in [2.24, 2.45) is 0 Å². The molecule has 0 aliphatic carbocycles. The molecule has 166 valence electrons. The van der Waals surface area contributed by atoms with Crippen LogP contribution in [0.3, 0.4) is 0 Å². The molecular weight excluding hydrogens is 428 g/mol. The number of nitrogens with zero attached hydrogens (tertiary/aromatic N) is 4. The fourth-order valence-electron chi connectivity index (χ4n) is 4.96. The smallest absolute Gasteiger partial charge is 0.356 e. The van der Waals surface area contributed by atoms with Crippen LogP contribution in [0.2, 0.25) is 0 Å². The van der Waals surface area contributed by atoms with E-state index in [1.807, 2.05) is 11.0 Å². The summed E-state index contributed by atoms with van der Waals surface area (Å²) in [5.41, 5.74) is 0.801. The molecule has 2 aliphatic heterocycles. The molecule has 5 rings (SSSR count). The number of likely N-dealkylation sites (tertiary alicyclic amines) is 2. The predicted molar refractivity (Wildman–Crippen MR) is 120 cm³/mol. The fraction of sp³-hybridized carbons (Fsp3) is 0.391. The highest BCUT2D eigenvalue weighted by Gasteiger charge is 2.46. The Balaban J connectivity index is 1.31. The Morgan fingerprint density at radius 3 is 2.56 bits per heavy atom. The largest absolute Gasteiger partial charge is 0.476 e. The average molecular weight is 453 g/mol. The summed E-state index contributed by atoms with van der Waals surface area (Å²) in [6.07, 6.45) is 4.70. The minimum atomic E-state index is -1.16. The third-order valence-corrected chi connectivity index (χ3v) is 7.78. The van der Waals surface area contributed by atoms with Crippen LogP contribution in [-0.2, 0) is 0 Å². The molecule has 2 aliphatic rings. The average Bonchev–Trinajstić information content (AvgIpc) is 3.51. The molecule has 0 atom stereocenters. The van der Waals surface area contributed by atoms with Gasteiger partial charge in [0, 0.05) is 36.1 Å². The second kappa shape index (κ2) is 7.74. The van der Waals surface area contributed by atoms with Crippen molar-refractivity contribution in [2.45, 2.75) is 38.1 Å². The maximum atomic E-state index is 13.5. The van der Waals surface area contributed by atoms with Crippen LogP contribution in [0.25, 0.3) is 10.1 Å². The second-order valence-corrected chi connectivity index (χ2v) is 9.74. The van der Waals surface area contributed by atoms with Crippen molar-refractivity contribution < 1.29 is 19.5 Å². The molecule has 9 heteroatoms. The SMILES string of the molecule is Cc1ccc2cc(C(=O)N3CCCC34CCN(C(=O)n3ccc(C(=O)O)n3)CC4)sc2c1. The summed E-state index contributed by atoms with van der Waals surface area (Å²) in [4.78, 5) is 41.7. The van der Waals surface area contributed by atoms with Gasteiger partial charge in [0.2, 0.25) is 0 Å². The number of fused-ring (bicyclic) bond motifs is 1. The predicted octanol–water partition coefficient (Wildman–Crippen LogP) is 3.84. The number of hydrogen-bond acceptors (Lipinski definition) is 5. The monoisotopic (exact) mass is 452 g/mol. The summed E-state index contributed by atoms with van der Waals surface area (Å²) >= 11 is 1.55. The van der Waals surface area contributed by atoms with Crippen LogP contribution in [0.15, 0.2) is 36.5 Å². The Labute approximate surface area is 189 Å². The van der Waals surface area contributed by atoms with Gasteiger partial charge in [0.25, 0.3) is 5.91 Å². The number of carbonyl (C=O) groups is 3. The number of rotatable bonds is 2. The molecule has 2 amide bonds. The normalized spacial score (nSPS) is 17.9. The first-order valence-corrected chi connectivity index (χ1v) is 11.6. The Morgan fingerprint density at radius 1 is 1.06 bits per heavy atom. The molecule has 1 N–H and O–H groups in total. The molecule has 4 heterocycles. The van der Waals surface area contributed by atoms with Crippen LogP contribution in [0.1, 0.15) is 51.4 Å². The van der Waals surface area contributed by atoms with Gasteiger partial charge in [-0.05, 0) is 61.8 Å². The van der Waals surface area contributed by atoms with Gasteiger partial charge in [0.1, 0.15) is 0 Å². The van der Waals surface area contributed by atoms with Gasteiger partial charge in [-0.1, -0.05) is 12.1 Å². The lowest BCUT2D eigenvalue weighted by Gasteiger charge is -2.44. The summed E-state index contributed by atoms with van der Waals surface area (Å²) in [6, 6.07) is 9.22. The van der Waals surface area contributed by atoms with Gasteiger partial charge in [-0.25, -0.2) is 9.59 Å². The number of carboxylic acid groups (broad SMARTS) is 1. The van der Waals surface area contributed by atoms with Gasteiger partial charge < -0.3 is 14.9 Å². The third-order valence-electron chi connectivity index (χ3n) is 6.70. The minimum Gasteiger partial charge on any atom is -0.476 e. The molecule has 0 radical (unpaired) electrons. The summed E-state index contributed by atoms with van der Waals surface area (Å²) in [7, 11) is 0. The number of hydrogen-bond donors (Lipinski definition) is 1. The topological polar surface area (TPSA) is 95.7 Å². The zero-order chi connectivity index (χ0) is 22.5. The van der Waals surface area contributed by atoms with Crippen molar-refractivity contribution in [3.8, 4) is 0 Å². The van der Waals surface area contributed by atoms with Gasteiger partial charge in [-0.3, -0.25) is 4.79 Å². The second-order valence-electron chi connectivity index (χ2n) is 8.66. The maximum Gasteiger partial charge on any atom is 0.356 e. The van der Waals surface area contributed by atoms with Crippen LogP contribution in [0, 0.1) is 6.92 Å². The Hall–Kier alpha value is -3.20. The molecule has 0 saturated carbocycles. The van der Waals surface area contributed by atoms with Crippen LogP contribution >= 0.6 is 11.3 Å². The Bertz CT molecular complexity index is 1220. The molecular formula is C23H24N4O4S. The maximum absolute atomic E-state index is 13.5. The molecule has 2 saturated heterocycles. The molecule has 0 unspecified atom stereocenters. The summed E-state index contributed by atoms with van der Waals surface area (Å²) < 4.78 is 2.21. The van der Waals surface area contributed by atoms with Crippen molar-refractivity contribution >= 4 is 39.3 Å². The van der Waals surface area contributed by atoms with Crippen molar-refractivity contribution in [3.05, 3.63) is 52.7 Å². The van der Waals surface area contributed by atoms with Gasteiger partial charge in [-0.2, -0.15) is 9.78 Å². The number of amides is 2. The zero-order valence-corrected chi connectivity index (χ0v) is 18.6. The third kappa shape index (κ3) is 3.46. The van der Waals surface area contributed by atoms with E-state index in [0.29, 0.717) is 25.9 Å². The van der Waals surface area contributed by atoms with Crippen molar-refractivity contribution in [1.29, 1.82) is 0 Å². The highest BCUT2D eigenvalue weighted by Crippen LogP contribution is 2.40. The Morgan fingerprint density at radius 2 is 1.84 bits per heavy atom. The van der Waals surface area contributed by atoms with Crippen molar-refractivity contribution in [3.63, 3.8) is 0 Å². The van der Waals surface area contributed by atoms with E-state index in [4.69, 9.17) is 5.11 Å². The van der Waals surface area contributed by atoms with Crippen molar-refractivity contribution in [2.75, 3.05) is 19.6 Å². The van der Waals surface area contributed by atoms with Crippen LogP contribution < -0.4 is 0 Å². The molecule has 32 heavy (non-hydrogen) atoms. The van der Waals surface area contributed by atoms with E-state index in [1.54, 1.807) is 16.2 Å². The first-order valence-electron chi connectivity index (χ1n) is 10.8. The molecule has 2 aromatic heterocycles. The lowest BCUT2D eigenvalue weighted by atomic mass is 9.85. The molecule has 0 bridgehead atoms. The van der Waals surface area contributed by atoms with Crippen molar-refractivity contribution in [1.82, 2.24) is 19.6 Å². The van der Waals surface area contributed by atoms with E-state index in [0.717, 1.165) is 39.0 Å². The number of aromatic nitrogens is 2. The Kier molecular flexibility index (Phi) is 5.00. The van der Waals surface area contributed by atoms with Crippen LogP contribution in [0.4, 0.5) is 4.79 Å². The van der Waals surface area contributed by atoms with E-state index < -0.39 is 5.97 Å². The van der Waals surface area contributed by atoms with E-state index in [2.05, 4.69) is 30.2 Å². The fourth-order valence-corrected chi connectivity index (χ4v) is 6.07. The lowest BCUT2D eigenvalue weighted by molar-refractivity contribution is 0.0425. The molecule has 8 nitrogen and oxygen atoms in total. The van der Waals surface area contributed by atoms with Gasteiger partial charge >= 0.3 is 12.0 Å². The zero-order valence-electron chi connectivity index (χ0n) is 17.8. The highest BCUT2D eigenvalue weighted by atomic mass is 32.1. The summed E-state index contributed by atoms with van der Waals surface area (Å²) in [5.74, 6) is -1.08. The number of thiophene rings is 1. The molecule has 1 aromatic carbocycles. The molecule has 1 spiro atoms. The van der Waals surface area contributed by atoms with E-state index in [-0.39, 0.29) is 23.2 Å². The van der Waals surface area contributed by atoms with Gasteiger partial charge in [0.05, 0.1) is 4.88 Å². The standard InChI is InChI=1S/C23H24N4O4S/c1-15-3-4-16-14-19(32-18(16)13-15)20(28)26-9-2-6-23(26)7-11-25(12-8-23)22(31)27-10-5-17(24-27)21(29)30/h3-5,10,13-14H,2,6-9,11-12H2,1H3,(H,29,30). The number of aryl methyl sites for hydroxylation is 1. The summed E-state index contributed by atoms with van der Waals surface area (Å²) in [5, 5.41) is 14.0. The number of carboxylic acids is 1. The number of benzene rings is 1. The van der Waals surface area contributed by atoms with Crippen LogP contribution in [-0.4, -0.2) is 67.8 Å². The van der Waals surface area contributed by atoms with Gasteiger partial charge in [0.15, 0.2) is 5.69 Å². The molecule has 2 fully saturated rings. The minimum absolute atomic E-state index is 0.0827. The van der Waals surface area contributed by atoms with Gasteiger partial charge in [-0.15, -0.1) is 11.3 Å². The lowest BCUT2D eigenvalue weighted by Crippen LogP contribution is -2.55. The summed E-state index contributed by atoms with van der Waals surface area (Å²) in [6.45, 7) is 3.81. The molecule has 3 aromatic rings. The quantitative estimate of drug-likeness (QED) is 0.637. The first kappa shape index (κ1) is 20.7. The highest BCUT2D eigenvalue weighted by molar-refractivity contribution is 7.20. The van der Waals surface area contributed by atoms with E-state index in [1.165, 1.54) is 17.8 Å². The first-order chi connectivity index (χ1) is 15.4. The number of piperidine rings is 1. The number of aromatic carboxylic acids is 1. The van der Waals surface area contributed by atoms with Crippen LogP contribution in [0.5, 0.6) is 0 Å². The van der Waals surface area contributed by atoms with E-state index >= 15 is 0 Å². The number of carbonyl (C=O) groups excluding carboxylic acids is 2. The van der Waals surface area contributed by atoms with E-state index in [9.17, 15) is 14.4 Å².